The molecule has 216 valence electrons. The average molecular weight is 576 g/mol. The third kappa shape index (κ3) is 4.50. The van der Waals surface area contributed by atoms with Crippen LogP contribution in [0.3, 0.4) is 0 Å². The first-order valence-electron chi connectivity index (χ1n) is 14.1. The summed E-state index contributed by atoms with van der Waals surface area (Å²) in [5, 5.41) is 9.99. The lowest BCUT2D eigenvalue weighted by Gasteiger charge is -2.37. The van der Waals surface area contributed by atoms with Gasteiger partial charge in [-0.05, 0) is 66.4 Å². The fraction of sp³-hybridized carbons (Fsp3) is 0.312. The number of halogens is 3. The number of carboxylic acid groups (broad SMARTS) is 1. The Kier molecular flexibility index (Phi) is 6.27. The molecule has 42 heavy (non-hydrogen) atoms. The molecule has 4 aromatic rings. The van der Waals surface area contributed by atoms with Crippen molar-refractivity contribution >= 4 is 28.7 Å². The van der Waals surface area contributed by atoms with Crippen LogP contribution >= 0.6 is 0 Å². The van der Waals surface area contributed by atoms with Crippen LogP contribution in [-0.4, -0.2) is 51.9 Å². The van der Waals surface area contributed by atoms with Crippen LogP contribution in [0.5, 0.6) is 0 Å². The van der Waals surface area contributed by atoms with Gasteiger partial charge in [0.05, 0.1) is 12.1 Å². The first-order valence-corrected chi connectivity index (χ1v) is 14.1. The molecule has 2 saturated heterocycles. The van der Waals surface area contributed by atoms with Gasteiger partial charge in [0, 0.05) is 66.9 Å². The van der Waals surface area contributed by atoms with Crippen LogP contribution in [0.25, 0.3) is 22.0 Å². The summed E-state index contributed by atoms with van der Waals surface area (Å²) in [6, 6.07) is 14.3. The zero-order valence-electron chi connectivity index (χ0n) is 22.7. The number of carboxylic acids is 1. The van der Waals surface area contributed by atoms with Crippen LogP contribution in [-0.2, 0) is 11.3 Å². The van der Waals surface area contributed by atoms with Crippen LogP contribution in [0.4, 0.5) is 23.7 Å². The molecule has 1 N–H and O–H groups in total. The van der Waals surface area contributed by atoms with Gasteiger partial charge in [0.15, 0.2) is 17.5 Å². The summed E-state index contributed by atoms with van der Waals surface area (Å²) in [6.07, 6.45) is 5.01. The zero-order valence-corrected chi connectivity index (χ0v) is 22.7. The summed E-state index contributed by atoms with van der Waals surface area (Å²) >= 11 is 0. The quantitative estimate of drug-likeness (QED) is 0.258. The summed E-state index contributed by atoms with van der Waals surface area (Å²) in [4.78, 5) is 27.8. The van der Waals surface area contributed by atoms with E-state index in [1.165, 1.54) is 18.2 Å². The Labute approximate surface area is 239 Å². The number of aromatic carboxylic acids is 1. The van der Waals surface area contributed by atoms with Crippen LogP contribution in [0.2, 0.25) is 0 Å². The normalized spacial score (nSPS) is 18.6. The molecule has 3 aliphatic rings. The molecule has 1 spiro atoms. The number of amides is 1. The second-order valence-electron chi connectivity index (χ2n) is 11.5. The number of anilines is 1. The van der Waals surface area contributed by atoms with E-state index in [0.717, 1.165) is 35.4 Å². The molecule has 1 aromatic heterocycles. The molecule has 3 heterocycles. The van der Waals surface area contributed by atoms with Gasteiger partial charge in [-0.2, -0.15) is 0 Å². The molecule has 7 rings (SSSR count). The van der Waals surface area contributed by atoms with Crippen molar-refractivity contribution in [2.45, 2.75) is 43.9 Å². The van der Waals surface area contributed by atoms with Gasteiger partial charge in [-0.25, -0.2) is 22.8 Å². The predicted molar refractivity (Wildman–Crippen MR) is 150 cm³/mol. The van der Waals surface area contributed by atoms with Crippen molar-refractivity contribution in [2.75, 3.05) is 24.5 Å². The summed E-state index contributed by atoms with van der Waals surface area (Å²) < 4.78 is 51.0. The Morgan fingerprint density at radius 3 is 2.38 bits per heavy atom. The summed E-state index contributed by atoms with van der Waals surface area (Å²) in [6.45, 7) is 2.28. The molecule has 10 heteroatoms. The van der Waals surface area contributed by atoms with Gasteiger partial charge >= 0.3 is 12.1 Å². The summed E-state index contributed by atoms with van der Waals surface area (Å²) in [5.41, 5.74) is 2.58. The first-order chi connectivity index (χ1) is 20.2. The minimum Gasteiger partial charge on any atom is -0.478 e. The fourth-order valence-corrected chi connectivity index (χ4v) is 6.35. The molecule has 1 aliphatic carbocycles. The highest BCUT2D eigenvalue weighted by molar-refractivity contribution is 5.98. The number of hydrogen-bond acceptors (Lipinski definition) is 4. The lowest BCUT2D eigenvalue weighted by Crippen LogP contribution is -2.46. The Bertz CT molecular complexity index is 1720. The van der Waals surface area contributed by atoms with E-state index in [1.807, 2.05) is 12.1 Å². The van der Waals surface area contributed by atoms with E-state index in [2.05, 4.69) is 15.7 Å². The van der Waals surface area contributed by atoms with E-state index < -0.39 is 35.1 Å². The minimum atomic E-state index is -1.48. The van der Waals surface area contributed by atoms with Gasteiger partial charge in [-0.1, -0.05) is 12.1 Å². The van der Waals surface area contributed by atoms with Gasteiger partial charge in [-0.3, -0.25) is 9.80 Å². The Hall–Kier alpha value is -4.31. The number of aromatic nitrogens is 1. The molecule has 0 radical (unpaired) electrons. The predicted octanol–water partition coefficient (Wildman–Crippen LogP) is 6.75. The first kappa shape index (κ1) is 26.6. The maximum atomic E-state index is 15.0. The monoisotopic (exact) mass is 575 g/mol. The highest BCUT2D eigenvalue weighted by atomic mass is 19.2. The average Bonchev–Trinajstić information content (AvgIpc) is 3.70. The molecule has 0 atom stereocenters. The standard InChI is InChI=1S/C32H28F3N3O4/c33-25-11-10-24(28(34)29(25)35)23-2-1-3-26-27(23)20(17-37(26)21-8-9-21)16-36-14-12-32(13-15-36)18-38(31(41)42-32)22-6-4-19(5-7-22)30(39)40/h1-7,10-11,17,21H,8-9,12-16,18H2,(H,39,40). The Morgan fingerprint density at radius 2 is 1.69 bits per heavy atom. The molecule has 2 aliphatic heterocycles. The SMILES string of the molecule is O=C(O)c1ccc(N2CC3(CCN(Cc4cn(C5CC5)c5cccc(-c6ccc(F)c(F)c6F)c45)CC3)OC2=O)cc1. The summed E-state index contributed by atoms with van der Waals surface area (Å²) in [5.74, 6) is -4.92. The molecule has 7 nitrogen and oxygen atoms in total. The van der Waals surface area contributed by atoms with Crippen molar-refractivity contribution in [3.63, 3.8) is 0 Å². The molecular formula is C32H28F3N3O4. The smallest absolute Gasteiger partial charge is 0.415 e. The van der Waals surface area contributed by atoms with Gasteiger partial charge in [0.1, 0.15) is 5.60 Å². The topological polar surface area (TPSA) is 75.0 Å². The number of carbonyl (C=O) groups excluding carboxylic acids is 1. The van der Waals surface area contributed by atoms with E-state index in [0.29, 0.717) is 56.3 Å². The number of likely N-dealkylation sites (tertiary alicyclic amines) is 1. The number of benzene rings is 3. The van der Waals surface area contributed by atoms with Gasteiger partial charge in [0.2, 0.25) is 0 Å². The Balaban J connectivity index is 1.13. The van der Waals surface area contributed by atoms with Crippen LogP contribution in [0.15, 0.2) is 60.8 Å². The maximum absolute atomic E-state index is 15.0. The van der Waals surface area contributed by atoms with E-state index in [-0.39, 0.29) is 11.1 Å². The van der Waals surface area contributed by atoms with E-state index in [4.69, 9.17) is 9.84 Å². The molecule has 3 fully saturated rings. The van der Waals surface area contributed by atoms with Gasteiger partial charge in [0.25, 0.3) is 0 Å². The molecule has 3 aromatic carbocycles. The van der Waals surface area contributed by atoms with Crippen molar-refractivity contribution in [1.29, 1.82) is 0 Å². The number of nitrogens with zero attached hydrogens (tertiary/aromatic N) is 3. The number of fused-ring (bicyclic) bond motifs is 1. The Morgan fingerprint density at radius 1 is 0.952 bits per heavy atom. The third-order valence-electron chi connectivity index (χ3n) is 8.76. The molecule has 1 amide bonds. The highest BCUT2D eigenvalue weighted by Crippen LogP contribution is 2.43. The largest absolute Gasteiger partial charge is 0.478 e. The zero-order chi connectivity index (χ0) is 29.2. The van der Waals surface area contributed by atoms with Crippen molar-refractivity contribution < 1.29 is 32.6 Å². The fourth-order valence-electron chi connectivity index (χ4n) is 6.35. The van der Waals surface area contributed by atoms with Crippen LogP contribution < -0.4 is 4.90 Å². The van der Waals surface area contributed by atoms with E-state index in [9.17, 15) is 22.8 Å². The third-order valence-corrected chi connectivity index (χ3v) is 8.76. The van der Waals surface area contributed by atoms with Crippen molar-refractivity contribution in [3.05, 3.63) is 89.4 Å². The summed E-state index contributed by atoms with van der Waals surface area (Å²) in [7, 11) is 0. The van der Waals surface area contributed by atoms with Crippen molar-refractivity contribution in [1.82, 2.24) is 9.47 Å². The van der Waals surface area contributed by atoms with Gasteiger partial charge < -0.3 is 14.4 Å². The van der Waals surface area contributed by atoms with Crippen LogP contribution in [0, 0.1) is 17.5 Å². The number of piperidine rings is 1. The lowest BCUT2D eigenvalue weighted by atomic mass is 9.90. The van der Waals surface area contributed by atoms with E-state index >= 15 is 0 Å². The lowest BCUT2D eigenvalue weighted by molar-refractivity contribution is -0.000898. The van der Waals surface area contributed by atoms with Crippen LogP contribution in [0.1, 0.15) is 47.6 Å². The number of rotatable bonds is 6. The second-order valence-corrected chi connectivity index (χ2v) is 11.5. The highest BCUT2D eigenvalue weighted by Gasteiger charge is 2.47. The molecule has 1 saturated carbocycles. The van der Waals surface area contributed by atoms with E-state index in [1.54, 1.807) is 23.1 Å². The van der Waals surface area contributed by atoms with Gasteiger partial charge in [-0.15, -0.1) is 0 Å². The maximum Gasteiger partial charge on any atom is 0.415 e. The molecule has 0 bridgehead atoms. The molecule has 0 unspecified atom stereocenters. The van der Waals surface area contributed by atoms with Crippen molar-refractivity contribution in [2.24, 2.45) is 0 Å². The minimum absolute atomic E-state index is 0.0289. The number of ether oxygens (including phenoxy) is 1. The number of carbonyl (C=O) groups is 2. The van der Waals surface area contributed by atoms with Crippen molar-refractivity contribution in [3.8, 4) is 11.1 Å². The number of hydrogen-bond donors (Lipinski definition) is 1. The molecular weight excluding hydrogens is 547 g/mol. The second kappa shape index (κ2) is 9.90.